The molecule has 0 bridgehead atoms. The molecule has 0 amide bonds. The van der Waals surface area contributed by atoms with E-state index in [4.69, 9.17) is 0 Å². The van der Waals surface area contributed by atoms with Gasteiger partial charge in [0.2, 0.25) is 0 Å². The number of aromatic nitrogens is 2. The van der Waals surface area contributed by atoms with Gasteiger partial charge in [-0.25, -0.2) is 4.99 Å². The average Bonchev–Trinajstić information content (AvgIpc) is 3.36. The van der Waals surface area contributed by atoms with Gasteiger partial charge in [-0.1, -0.05) is 43.2 Å². The van der Waals surface area contributed by atoms with E-state index >= 15 is 0 Å². The van der Waals surface area contributed by atoms with Crippen LogP contribution in [0, 0.1) is 0 Å². The summed E-state index contributed by atoms with van der Waals surface area (Å²) in [6.07, 6.45) is 7.12. The van der Waals surface area contributed by atoms with E-state index in [9.17, 15) is 5.11 Å². The molecule has 27 heavy (non-hydrogen) atoms. The van der Waals surface area contributed by atoms with Gasteiger partial charge in [-0.3, -0.25) is 4.68 Å². The molecule has 2 aromatic rings. The minimum Gasteiger partial charge on any atom is -0.384 e. The Morgan fingerprint density at radius 3 is 2.67 bits per heavy atom. The van der Waals surface area contributed by atoms with Crippen molar-refractivity contribution < 1.29 is 5.11 Å². The number of aliphatic hydroxyl groups is 1. The first-order chi connectivity index (χ1) is 13.1. The molecule has 1 aromatic carbocycles. The van der Waals surface area contributed by atoms with Crippen molar-refractivity contribution in [1.82, 2.24) is 20.4 Å². The topological polar surface area (TPSA) is 74.5 Å². The van der Waals surface area contributed by atoms with Crippen molar-refractivity contribution in [3.63, 3.8) is 0 Å². The highest BCUT2D eigenvalue weighted by molar-refractivity contribution is 5.79. The van der Waals surface area contributed by atoms with Crippen LogP contribution in [0.25, 0.3) is 0 Å². The minimum atomic E-state index is -0.971. The van der Waals surface area contributed by atoms with Gasteiger partial charge in [0, 0.05) is 12.7 Å². The number of hydrogen-bond acceptors (Lipinski definition) is 3. The number of nitrogens with one attached hydrogen (secondary N) is 2. The molecule has 3 N–H and O–H groups in total. The zero-order valence-electron chi connectivity index (χ0n) is 16.4. The lowest BCUT2D eigenvalue weighted by atomic mass is 9.96. The number of guanidine groups is 1. The molecule has 1 aliphatic rings. The van der Waals surface area contributed by atoms with Crippen LogP contribution in [-0.2, 0) is 12.1 Å². The lowest BCUT2D eigenvalue weighted by Crippen LogP contribution is -2.44. The maximum absolute atomic E-state index is 10.8. The van der Waals surface area contributed by atoms with Crippen LogP contribution in [0.2, 0.25) is 0 Å². The molecular formula is C21H31N5O. The van der Waals surface area contributed by atoms with Gasteiger partial charge in [0.05, 0.1) is 24.8 Å². The maximum atomic E-state index is 10.8. The molecule has 0 saturated heterocycles. The van der Waals surface area contributed by atoms with E-state index in [-0.39, 0.29) is 0 Å². The Morgan fingerprint density at radius 2 is 1.96 bits per heavy atom. The lowest BCUT2D eigenvalue weighted by molar-refractivity contribution is 0.0617. The minimum absolute atomic E-state index is 0.374. The molecule has 1 unspecified atom stereocenters. The number of nitrogens with zero attached hydrogens (tertiary/aromatic N) is 3. The largest absolute Gasteiger partial charge is 0.384 e. The molecule has 1 atom stereocenters. The highest BCUT2D eigenvalue weighted by atomic mass is 16.3. The zero-order chi connectivity index (χ0) is 19.1. The van der Waals surface area contributed by atoms with Gasteiger partial charge in [0.15, 0.2) is 5.96 Å². The van der Waals surface area contributed by atoms with Gasteiger partial charge in [-0.2, -0.15) is 5.10 Å². The monoisotopic (exact) mass is 369 g/mol. The summed E-state index contributed by atoms with van der Waals surface area (Å²) in [5, 5.41) is 21.9. The average molecular weight is 370 g/mol. The Balaban J connectivity index is 1.59. The summed E-state index contributed by atoms with van der Waals surface area (Å²) in [6, 6.07) is 12.3. The second kappa shape index (κ2) is 9.04. The Bertz CT molecular complexity index is 732. The van der Waals surface area contributed by atoms with Crippen molar-refractivity contribution >= 4 is 5.96 Å². The second-order valence-corrected chi connectivity index (χ2v) is 7.41. The molecule has 1 saturated carbocycles. The van der Waals surface area contributed by atoms with E-state index in [2.05, 4.69) is 31.6 Å². The lowest BCUT2D eigenvalue weighted by Gasteiger charge is -2.25. The molecule has 146 valence electrons. The fourth-order valence-electron chi connectivity index (χ4n) is 3.49. The Labute approximate surface area is 161 Å². The summed E-state index contributed by atoms with van der Waals surface area (Å²) < 4.78 is 2.10. The number of benzene rings is 1. The van der Waals surface area contributed by atoms with E-state index in [0.717, 1.165) is 17.8 Å². The molecule has 1 aliphatic carbocycles. The van der Waals surface area contributed by atoms with Crippen LogP contribution in [0.3, 0.4) is 0 Å². The summed E-state index contributed by atoms with van der Waals surface area (Å²) in [4.78, 5) is 4.63. The predicted octanol–water partition coefficient (Wildman–Crippen LogP) is 2.96. The third-order valence-corrected chi connectivity index (χ3v) is 5.10. The third-order valence-electron chi connectivity index (χ3n) is 5.10. The first-order valence-corrected chi connectivity index (χ1v) is 9.92. The quantitative estimate of drug-likeness (QED) is 0.518. The molecule has 0 radical (unpaired) electrons. The summed E-state index contributed by atoms with van der Waals surface area (Å²) in [5.74, 6) is 0.684. The standard InChI is InChI=1S/C21H31N5O/c1-3-22-20(24-16-21(2,27)17-9-5-4-6-10-17)23-15-18-13-14-26(25-18)19-11-7-8-12-19/h4-6,9-10,13-14,19,27H,3,7-8,11-12,15-16H2,1-2H3,(H2,22,23,24). The van der Waals surface area contributed by atoms with Gasteiger partial charge in [0.1, 0.15) is 5.60 Å². The molecule has 1 aromatic heterocycles. The van der Waals surface area contributed by atoms with E-state index < -0.39 is 5.60 Å². The highest BCUT2D eigenvalue weighted by Gasteiger charge is 2.23. The van der Waals surface area contributed by atoms with Crippen LogP contribution in [0.4, 0.5) is 0 Å². The van der Waals surface area contributed by atoms with Gasteiger partial charge < -0.3 is 15.7 Å². The fraction of sp³-hybridized carbons (Fsp3) is 0.524. The first-order valence-electron chi connectivity index (χ1n) is 9.92. The number of aliphatic imine (C=N–C) groups is 1. The van der Waals surface area contributed by atoms with Gasteiger partial charge in [0.25, 0.3) is 0 Å². The molecule has 6 nitrogen and oxygen atoms in total. The molecule has 1 heterocycles. The molecule has 3 rings (SSSR count). The van der Waals surface area contributed by atoms with Gasteiger partial charge >= 0.3 is 0 Å². The molecule has 1 fully saturated rings. The smallest absolute Gasteiger partial charge is 0.191 e. The third kappa shape index (κ3) is 5.32. The Morgan fingerprint density at radius 1 is 1.22 bits per heavy atom. The molecule has 0 spiro atoms. The Hall–Kier alpha value is -2.34. The highest BCUT2D eigenvalue weighted by Crippen LogP contribution is 2.28. The predicted molar refractivity (Wildman–Crippen MR) is 109 cm³/mol. The van der Waals surface area contributed by atoms with Crippen molar-refractivity contribution in [2.24, 2.45) is 4.99 Å². The van der Waals surface area contributed by atoms with E-state index in [0.29, 0.717) is 25.1 Å². The normalized spacial score (nSPS) is 17.7. The van der Waals surface area contributed by atoms with Crippen molar-refractivity contribution in [3.8, 4) is 0 Å². The van der Waals surface area contributed by atoms with E-state index in [1.807, 2.05) is 50.2 Å². The first kappa shape index (κ1) is 19.4. The summed E-state index contributed by atoms with van der Waals surface area (Å²) in [6.45, 7) is 5.49. The summed E-state index contributed by atoms with van der Waals surface area (Å²) in [7, 11) is 0. The molecule has 0 aliphatic heterocycles. The van der Waals surface area contributed by atoms with E-state index in [1.54, 1.807) is 0 Å². The number of hydrogen-bond donors (Lipinski definition) is 3. The van der Waals surface area contributed by atoms with Crippen LogP contribution in [0.15, 0.2) is 47.6 Å². The number of rotatable bonds is 7. The van der Waals surface area contributed by atoms with E-state index in [1.165, 1.54) is 25.7 Å². The fourth-order valence-corrected chi connectivity index (χ4v) is 3.49. The van der Waals surface area contributed by atoms with Gasteiger partial charge in [-0.15, -0.1) is 0 Å². The van der Waals surface area contributed by atoms with Crippen molar-refractivity contribution in [2.75, 3.05) is 13.1 Å². The zero-order valence-corrected chi connectivity index (χ0v) is 16.4. The van der Waals surface area contributed by atoms with Crippen LogP contribution in [0.1, 0.15) is 56.8 Å². The van der Waals surface area contributed by atoms with Crippen molar-refractivity contribution in [3.05, 3.63) is 53.9 Å². The van der Waals surface area contributed by atoms with Gasteiger partial charge in [-0.05, 0) is 38.3 Å². The van der Waals surface area contributed by atoms with Crippen LogP contribution < -0.4 is 10.6 Å². The second-order valence-electron chi connectivity index (χ2n) is 7.41. The Kier molecular flexibility index (Phi) is 6.50. The van der Waals surface area contributed by atoms with Crippen molar-refractivity contribution in [1.29, 1.82) is 0 Å². The summed E-state index contributed by atoms with van der Waals surface area (Å²) in [5.41, 5.74) is 0.874. The summed E-state index contributed by atoms with van der Waals surface area (Å²) >= 11 is 0. The SMILES string of the molecule is CCNC(=NCc1ccn(C2CCCC2)n1)NCC(C)(O)c1ccccc1. The van der Waals surface area contributed by atoms with Crippen LogP contribution in [-0.4, -0.2) is 33.9 Å². The van der Waals surface area contributed by atoms with Crippen molar-refractivity contribution in [2.45, 2.75) is 57.7 Å². The molecule has 6 heteroatoms. The van der Waals surface area contributed by atoms with Crippen LogP contribution >= 0.6 is 0 Å². The maximum Gasteiger partial charge on any atom is 0.191 e. The molecular weight excluding hydrogens is 338 g/mol. The van der Waals surface area contributed by atoms with Crippen LogP contribution in [0.5, 0.6) is 0 Å².